The molecule has 7 nitrogen and oxygen atoms in total. The van der Waals surface area contributed by atoms with Crippen LogP contribution in [0.5, 0.6) is 11.5 Å². The van der Waals surface area contributed by atoms with Gasteiger partial charge in [-0.3, -0.25) is 0 Å². The smallest absolute Gasteiger partial charge is 0.341 e. The molecule has 208 valence electrons. The molecule has 4 aromatic carbocycles. The minimum absolute atomic E-state index is 0.0723. The molecule has 0 aliphatic rings. The second-order valence-corrected chi connectivity index (χ2v) is 11.4. The van der Waals surface area contributed by atoms with Gasteiger partial charge in [-0.25, -0.2) is 13.2 Å². The zero-order valence-electron chi connectivity index (χ0n) is 21.9. The van der Waals surface area contributed by atoms with Crippen molar-refractivity contribution in [1.82, 2.24) is 5.32 Å². The van der Waals surface area contributed by atoms with Crippen LogP contribution in [-0.2, 0) is 21.0 Å². The van der Waals surface area contributed by atoms with Crippen molar-refractivity contribution in [1.29, 1.82) is 0 Å². The first-order valence-corrected chi connectivity index (χ1v) is 14.7. The van der Waals surface area contributed by atoms with E-state index in [4.69, 9.17) is 21.1 Å². The molecule has 0 saturated carbocycles. The summed E-state index contributed by atoms with van der Waals surface area (Å²) in [5.74, 6) is 0.0310. The van der Waals surface area contributed by atoms with Crippen molar-refractivity contribution in [3.63, 3.8) is 0 Å². The van der Waals surface area contributed by atoms with Crippen LogP contribution < -0.4 is 10.1 Å². The van der Waals surface area contributed by atoms with Gasteiger partial charge in [-0.15, -0.1) is 0 Å². The summed E-state index contributed by atoms with van der Waals surface area (Å²) >= 11 is 5.98. The van der Waals surface area contributed by atoms with Crippen molar-refractivity contribution in [2.45, 2.75) is 29.2 Å². The van der Waals surface area contributed by atoms with E-state index in [1.165, 1.54) is 12.1 Å². The molecule has 4 aromatic rings. The number of hydrogen-bond donors (Lipinski definition) is 2. The van der Waals surface area contributed by atoms with Gasteiger partial charge in [0.1, 0.15) is 17.1 Å². The van der Waals surface area contributed by atoms with Gasteiger partial charge in [-0.1, -0.05) is 54.1 Å². The van der Waals surface area contributed by atoms with Crippen molar-refractivity contribution in [2.24, 2.45) is 0 Å². The lowest BCUT2D eigenvalue weighted by Crippen LogP contribution is -2.23. The van der Waals surface area contributed by atoms with E-state index >= 15 is 0 Å². The van der Waals surface area contributed by atoms with E-state index in [9.17, 15) is 18.3 Å². The van der Waals surface area contributed by atoms with E-state index in [-0.39, 0.29) is 33.5 Å². The molecule has 0 unspecified atom stereocenters. The molecule has 0 fully saturated rings. The highest BCUT2D eigenvalue weighted by atomic mass is 35.5. The molecule has 0 saturated heterocycles. The Morgan fingerprint density at radius 2 is 1.68 bits per heavy atom. The maximum absolute atomic E-state index is 13.3. The van der Waals surface area contributed by atoms with Gasteiger partial charge >= 0.3 is 5.97 Å². The summed E-state index contributed by atoms with van der Waals surface area (Å²) in [6.07, 6.45) is -0.0178. The minimum atomic E-state index is -3.81. The number of carbonyl (C=O) groups excluding carboxylic acids is 1. The van der Waals surface area contributed by atoms with Crippen LogP contribution in [0.3, 0.4) is 0 Å². The van der Waals surface area contributed by atoms with Gasteiger partial charge in [0.15, 0.2) is 0 Å². The first kappa shape index (κ1) is 29.3. The van der Waals surface area contributed by atoms with E-state index < -0.39 is 21.9 Å². The van der Waals surface area contributed by atoms with Crippen LogP contribution >= 0.6 is 11.6 Å². The molecule has 0 radical (unpaired) electrons. The number of rotatable bonds is 12. The molecule has 0 heterocycles. The third kappa shape index (κ3) is 7.49. The molecule has 40 heavy (non-hydrogen) atoms. The summed E-state index contributed by atoms with van der Waals surface area (Å²) in [6.45, 7) is 2.92. The molecule has 9 heteroatoms. The molecule has 0 amide bonds. The highest BCUT2D eigenvalue weighted by Gasteiger charge is 2.19. The molecule has 0 aliphatic heterocycles. The van der Waals surface area contributed by atoms with Crippen molar-refractivity contribution >= 4 is 27.4 Å². The van der Waals surface area contributed by atoms with E-state index in [1.54, 1.807) is 85.8 Å². The number of carbonyl (C=O) groups is 1. The fourth-order valence-corrected chi connectivity index (χ4v) is 5.53. The topological polar surface area (TPSA) is 102 Å². The number of hydrogen-bond acceptors (Lipinski definition) is 7. The predicted octanol–water partition coefficient (Wildman–Crippen LogP) is 6.01. The van der Waals surface area contributed by atoms with Gasteiger partial charge in [-0.05, 0) is 85.6 Å². The first-order valence-electron chi connectivity index (χ1n) is 12.8. The summed E-state index contributed by atoms with van der Waals surface area (Å²) < 4.78 is 37.6. The Labute approximate surface area is 239 Å². The van der Waals surface area contributed by atoms with E-state index in [1.807, 2.05) is 6.07 Å². The lowest BCUT2D eigenvalue weighted by Gasteiger charge is -2.13. The SMILES string of the molecule is CCOC(=O)c1ccccc1Oc1cccc(S(=O)(=O)c2ccc(CCNC[C@H](O)c3cccc(Cl)c3)cc2)c1. The largest absolute Gasteiger partial charge is 0.462 e. The van der Waals surface area contributed by atoms with Gasteiger partial charge in [-0.2, -0.15) is 0 Å². The number of benzene rings is 4. The van der Waals surface area contributed by atoms with Gasteiger partial charge in [0, 0.05) is 11.6 Å². The molecule has 1 atom stereocenters. The predicted molar refractivity (Wildman–Crippen MR) is 154 cm³/mol. The third-order valence-electron chi connectivity index (χ3n) is 6.12. The lowest BCUT2D eigenvalue weighted by molar-refractivity contribution is 0.0523. The van der Waals surface area contributed by atoms with Gasteiger partial charge in [0.2, 0.25) is 9.84 Å². The standard InChI is InChI=1S/C31H30ClNO6S/c1-2-38-31(35)28-11-3-4-12-30(28)39-25-9-6-10-27(20-25)40(36,37)26-15-13-22(14-16-26)17-18-33-21-29(34)23-7-5-8-24(32)19-23/h3-16,19-20,29,33-34H,2,17-18,21H2,1H3/t29-/m0/s1. The van der Waals surface area contributed by atoms with Crippen LogP contribution in [0.15, 0.2) is 107 Å². The summed E-state index contributed by atoms with van der Waals surface area (Å²) in [5, 5.41) is 14.1. The molecule has 0 bridgehead atoms. The zero-order chi connectivity index (χ0) is 28.5. The number of halogens is 1. The van der Waals surface area contributed by atoms with Crippen molar-refractivity contribution in [3.05, 3.63) is 119 Å². The van der Waals surface area contributed by atoms with Gasteiger partial charge in [0.25, 0.3) is 0 Å². The van der Waals surface area contributed by atoms with E-state index in [2.05, 4.69) is 5.32 Å². The Hall–Kier alpha value is -3.69. The monoisotopic (exact) mass is 579 g/mol. The summed E-state index contributed by atoms with van der Waals surface area (Å²) in [4.78, 5) is 12.5. The average molecular weight is 580 g/mol. The van der Waals surface area contributed by atoms with Crippen LogP contribution in [0, 0.1) is 0 Å². The Morgan fingerprint density at radius 3 is 2.42 bits per heavy atom. The van der Waals surface area contributed by atoms with Crippen LogP contribution in [0.25, 0.3) is 0 Å². The number of aliphatic hydroxyl groups is 1. The van der Waals surface area contributed by atoms with Crippen LogP contribution in [0.4, 0.5) is 0 Å². The molecule has 0 aromatic heterocycles. The molecule has 4 rings (SSSR count). The Kier molecular flexibility index (Phi) is 9.95. The number of aliphatic hydroxyl groups excluding tert-OH is 1. The summed E-state index contributed by atoms with van der Waals surface area (Å²) in [6, 6.07) is 26.6. The molecular formula is C31H30ClNO6S. The lowest BCUT2D eigenvalue weighted by atomic mass is 10.1. The van der Waals surface area contributed by atoms with Crippen LogP contribution in [0.1, 0.15) is 34.5 Å². The average Bonchev–Trinajstić information content (AvgIpc) is 2.96. The van der Waals surface area contributed by atoms with Crippen molar-refractivity contribution in [3.8, 4) is 11.5 Å². The zero-order valence-corrected chi connectivity index (χ0v) is 23.5. The number of para-hydroxylation sites is 1. The maximum atomic E-state index is 13.3. The molecule has 2 N–H and O–H groups in total. The number of nitrogens with one attached hydrogen (secondary N) is 1. The van der Waals surface area contributed by atoms with Crippen LogP contribution in [-0.4, -0.2) is 39.2 Å². The van der Waals surface area contributed by atoms with Crippen molar-refractivity contribution in [2.75, 3.05) is 19.7 Å². The summed E-state index contributed by atoms with van der Waals surface area (Å²) in [5.41, 5.74) is 1.95. The Bertz CT molecular complexity index is 1560. The second-order valence-electron chi connectivity index (χ2n) is 8.97. The quantitative estimate of drug-likeness (QED) is 0.157. The minimum Gasteiger partial charge on any atom is -0.462 e. The second kappa shape index (κ2) is 13.6. The third-order valence-corrected chi connectivity index (χ3v) is 8.12. The Balaban J connectivity index is 1.38. The molecule has 0 aliphatic carbocycles. The fourth-order valence-electron chi connectivity index (χ4n) is 4.04. The highest BCUT2D eigenvalue weighted by Crippen LogP contribution is 2.30. The first-order chi connectivity index (χ1) is 19.3. The van der Waals surface area contributed by atoms with Crippen molar-refractivity contribution < 1.29 is 27.8 Å². The molecule has 0 spiro atoms. The normalized spacial score (nSPS) is 12.1. The summed E-state index contributed by atoms with van der Waals surface area (Å²) in [7, 11) is -3.81. The maximum Gasteiger partial charge on any atom is 0.341 e. The van der Waals surface area contributed by atoms with Crippen LogP contribution in [0.2, 0.25) is 5.02 Å². The number of sulfone groups is 1. The molecular weight excluding hydrogens is 550 g/mol. The highest BCUT2D eigenvalue weighted by molar-refractivity contribution is 7.91. The fraction of sp³-hybridized carbons (Fsp3) is 0.194. The Morgan fingerprint density at radius 1 is 0.925 bits per heavy atom. The number of esters is 1. The van der Waals surface area contributed by atoms with E-state index in [0.717, 1.165) is 11.1 Å². The van der Waals surface area contributed by atoms with Gasteiger partial charge < -0.3 is 19.9 Å². The van der Waals surface area contributed by atoms with Gasteiger partial charge in [0.05, 0.1) is 22.5 Å². The van der Waals surface area contributed by atoms with E-state index in [0.29, 0.717) is 24.5 Å². The number of ether oxygens (including phenoxy) is 2.